The van der Waals surface area contributed by atoms with Gasteiger partial charge in [0.1, 0.15) is 5.75 Å². The predicted molar refractivity (Wildman–Crippen MR) is 95.7 cm³/mol. The van der Waals surface area contributed by atoms with E-state index >= 15 is 0 Å². The highest BCUT2D eigenvalue weighted by atomic mass is 16.5. The molecule has 6 nitrogen and oxygen atoms in total. The van der Waals surface area contributed by atoms with Crippen LogP contribution in [0.4, 0.5) is 0 Å². The van der Waals surface area contributed by atoms with Gasteiger partial charge in [-0.2, -0.15) is 0 Å². The number of benzene rings is 1. The summed E-state index contributed by atoms with van der Waals surface area (Å²) in [5, 5.41) is 6.13. The van der Waals surface area contributed by atoms with Gasteiger partial charge in [0, 0.05) is 31.9 Å². The maximum absolute atomic E-state index is 12.7. The molecule has 3 aliphatic carbocycles. The molecule has 0 radical (unpaired) electrons. The standard InChI is InChI=1S/C20H26N2O4/c1-19-8-7-13(11-15(19)18(24)21-9-10-25-2)20(12-19)22-17(23)14-5-3-4-6-16(14)26-20/h3-6,13,15H,7-12H2,1-2H3,(H,21,24)(H,22,23)/t13-,15+,19+,20-/m1/s1. The van der Waals surface area contributed by atoms with Gasteiger partial charge in [-0.15, -0.1) is 0 Å². The van der Waals surface area contributed by atoms with Crippen LogP contribution < -0.4 is 15.4 Å². The van der Waals surface area contributed by atoms with E-state index in [4.69, 9.17) is 9.47 Å². The smallest absolute Gasteiger partial charge is 0.258 e. The van der Waals surface area contributed by atoms with E-state index in [9.17, 15) is 9.59 Å². The van der Waals surface area contributed by atoms with Gasteiger partial charge >= 0.3 is 0 Å². The third kappa shape index (κ3) is 2.67. The number of methoxy groups -OCH3 is 1. The number of hydrogen-bond donors (Lipinski definition) is 2. The number of nitrogens with one attached hydrogen (secondary N) is 2. The van der Waals surface area contributed by atoms with E-state index in [-0.39, 0.29) is 29.1 Å². The molecule has 0 saturated heterocycles. The van der Waals surface area contributed by atoms with E-state index in [0.29, 0.717) is 30.9 Å². The first kappa shape index (κ1) is 17.3. The molecule has 3 saturated carbocycles. The molecule has 140 valence electrons. The SMILES string of the molecule is COCCNC(=O)[C@@H]1C[C@H]2CC[C@@]1(C)C[C@]21NC(=O)c2ccccc2O1. The van der Waals surface area contributed by atoms with Gasteiger partial charge in [0.25, 0.3) is 5.91 Å². The molecule has 2 bridgehead atoms. The number of carbonyl (C=O) groups is 2. The van der Waals surface area contributed by atoms with Crippen molar-refractivity contribution in [2.24, 2.45) is 17.3 Å². The minimum Gasteiger partial charge on any atom is -0.467 e. The Bertz CT molecular complexity index is 736. The zero-order valence-corrected chi connectivity index (χ0v) is 15.3. The molecular formula is C20H26N2O4. The fourth-order valence-electron chi connectivity index (χ4n) is 5.06. The van der Waals surface area contributed by atoms with Crippen LogP contribution in [0.2, 0.25) is 0 Å². The lowest BCUT2D eigenvalue weighted by Gasteiger charge is -2.59. The van der Waals surface area contributed by atoms with Crippen molar-refractivity contribution < 1.29 is 19.1 Å². The average molecular weight is 358 g/mol. The van der Waals surface area contributed by atoms with E-state index in [1.165, 1.54) is 0 Å². The molecule has 26 heavy (non-hydrogen) atoms. The van der Waals surface area contributed by atoms with Crippen molar-refractivity contribution in [3.05, 3.63) is 29.8 Å². The van der Waals surface area contributed by atoms with Gasteiger partial charge in [-0.25, -0.2) is 0 Å². The van der Waals surface area contributed by atoms with Crippen LogP contribution in [0, 0.1) is 17.3 Å². The van der Waals surface area contributed by atoms with E-state index in [1.54, 1.807) is 13.2 Å². The third-order valence-corrected chi connectivity index (χ3v) is 6.42. The molecule has 1 spiro atoms. The van der Waals surface area contributed by atoms with Gasteiger partial charge < -0.3 is 20.1 Å². The molecule has 1 heterocycles. The topological polar surface area (TPSA) is 76.7 Å². The van der Waals surface area contributed by atoms with Crippen molar-refractivity contribution in [1.82, 2.24) is 10.6 Å². The number of carbonyl (C=O) groups excluding carboxylic acids is 2. The highest BCUT2D eigenvalue weighted by Gasteiger charge is 2.61. The fraction of sp³-hybridized carbons (Fsp3) is 0.600. The lowest BCUT2D eigenvalue weighted by Crippen LogP contribution is -2.69. The minimum absolute atomic E-state index is 0.0543. The van der Waals surface area contributed by atoms with Gasteiger partial charge in [-0.05, 0) is 36.8 Å². The highest BCUT2D eigenvalue weighted by Crippen LogP contribution is 2.58. The molecule has 0 unspecified atom stereocenters. The normalized spacial score (nSPS) is 34.8. The van der Waals surface area contributed by atoms with Gasteiger partial charge in [0.05, 0.1) is 12.2 Å². The summed E-state index contributed by atoms with van der Waals surface area (Å²) in [7, 11) is 1.63. The van der Waals surface area contributed by atoms with Gasteiger partial charge in [-0.1, -0.05) is 19.1 Å². The van der Waals surface area contributed by atoms with E-state index in [2.05, 4.69) is 17.6 Å². The summed E-state index contributed by atoms with van der Waals surface area (Å²) in [6, 6.07) is 7.37. The van der Waals surface area contributed by atoms with Crippen molar-refractivity contribution in [2.75, 3.05) is 20.3 Å². The lowest BCUT2D eigenvalue weighted by atomic mass is 9.52. The third-order valence-electron chi connectivity index (χ3n) is 6.42. The second-order valence-corrected chi connectivity index (χ2v) is 8.08. The first-order valence-electron chi connectivity index (χ1n) is 9.35. The number of amides is 2. The number of ether oxygens (including phenoxy) is 2. The Balaban J connectivity index is 1.57. The second-order valence-electron chi connectivity index (χ2n) is 8.08. The average Bonchev–Trinajstić information content (AvgIpc) is 2.61. The van der Waals surface area contributed by atoms with Crippen LogP contribution in [0.5, 0.6) is 5.75 Å². The van der Waals surface area contributed by atoms with Crippen molar-refractivity contribution >= 4 is 11.8 Å². The van der Waals surface area contributed by atoms with Gasteiger partial charge in [0.2, 0.25) is 5.91 Å². The molecule has 1 aliphatic heterocycles. The van der Waals surface area contributed by atoms with Gasteiger partial charge in [0.15, 0.2) is 5.72 Å². The molecule has 4 atom stereocenters. The quantitative estimate of drug-likeness (QED) is 0.808. The van der Waals surface area contributed by atoms with E-state index in [0.717, 1.165) is 19.3 Å². The predicted octanol–water partition coefficient (Wildman–Crippen LogP) is 2.09. The number of fused-ring (bicyclic) bond motifs is 3. The Morgan fingerprint density at radius 3 is 3.00 bits per heavy atom. The minimum atomic E-state index is -0.693. The van der Waals surface area contributed by atoms with Crippen LogP contribution >= 0.6 is 0 Å². The zero-order valence-electron chi connectivity index (χ0n) is 15.3. The summed E-state index contributed by atoms with van der Waals surface area (Å²) in [4.78, 5) is 25.4. The number of para-hydroxylation sites is 1. The van der Waals surface area contributed by atoms with Gasteiger partial charge in [-0.3, -0.25) is 9.59 Å². The largest absolute Gasteiger partial charge is 0.467 e. The van der Waals surface area contributed by atoms with Crippen molar-refractivity contribution in [3.63, 3.8) is 0 Å². The van der Waals surface area contributed by atoms with Crippen LogP contribution in [0.25, 0.3) is 0 Å². The Hall–Kier alpha value is -2.08. The molecule has 5 rings (SSSR count). The molecule has 6 heteroatoms. The Morgan fingerprint density at radius 2 is 2.23 bits per heavy atom. The summed E-state index contributed by atoms with van der Waals surface area (Å²) in [6.07, 6.45) is 3.33. The first-order valence-corrected chi connectivity index (χ1v) is 9.35. The monoisotopic (exact) mass is 358 g/mol. The van der Waals surface area contributed by atoms with Crippen LogP contribution in [-0.4, -0.2) is 37.8 Å². The van der Waals surface area contributed by atoms with E-state index < -0.39 is 5.72 Å². The van der Waals surface area contributed by atoms with Crippen LogP contribution in [0.1, 0.15) is 43.0 Å². The number of hydrogen-bond acceptors (Lipinski definition) is 4. The van der Waals surface area contributed by atoms with Crippen LogP contribution in [0.15, 0.2) is 24.3 Å². The Morgan fingerprint density at radius 1 is 1.42 bits per heavy atom. The molecule has 1 aromatic carbocycles. The van der Waals surface area contributed by atoms with E-state index in [1.807, 2.05) is 18.2 Å². The molecule has 1 aromatic rings. The summed E-state index contributed by atoms with van der Waals surface area (Å²) in [5.74, 6) is 0.741. The fourth-order valence-corrected chi connectivity index (χ4v) is 5.06. The maximum atomic E-state index is 12.7. The Labute approximate surface area is 153 Å². The molecule has 2 N–H and O–H groups in total. The van der Waals surface area contributed by atoms with Crippen molar-refractivity contribution in [2.45, 2.75) is 38.3 Å². The Kier molecular flexibility index (Phi) is 4.18. The van der Waals surface area contributed by atoms with Crippen LogP contribution in [0.3, 0.4) is 0 Å². The molecule has 3 fully saturated rings. The first-order chi connectivity index (χ1) is 12.5. The maximum Gasteiger partial charge on any atom is 0.258 e. The second kappa shape index (κ2) is 6.27. The summed E-state index contributed by atoms with van der Waals surface area (Å²) in [6.45, 7) is 3.19. The number of rotatable bonds is 4. The highest BCUT2D eigenvalue weighted by molar-refractivity contribution is 5.98. The molecular weight excluding hydrogens is 332 g/mol. The summed E-state index contributed by atoms with van der Waals surface area (Å²) >= 11 is 0. The lowest BCUT2D eigenvalue weighted by molar-refractivity contribution is -0.167. The van der Waals surface area contributed by atoms with Crippen molar-refractivity contribution in [3.8, 4) is 5.75 Å². The summed E-state index contributed by atoms with van der Waals surface area (Å²) in [5.41, 5.74) is -0.300. The zero-order chi connectivity index (χ0) is 18.4. The van der Waals surface area contributed by atoms with Crippen molar-refractivity contribution in [1.29, 1.82) is 0 Å². The molecule has 2 amide bonds. The molecule has 4 aliphatic rings. The molecule has 0 aromatic heterocycles. The van der Waals surface area contributed by atoms with Crippen LogP contribution in [-0.2, 0) is 9.53 Å². The summed E-state index contributed by atoms with van der Waals surface area (Å²) < 4.78 is 11.4.